The lowest BCUT2D eigenvalue weighted by molar-refractivity contribution is 0.273. The molecular weight excluding hydrogens is 379 g/mol. The van der Waals surface area contributed by atoms with Crippen LogP contribution in [0.2, 0.25) is 0 Å². The van der Waals surface area contributed by atoms with E-state index in [-0.39, 0.29) is 5.56 Å². The molecule has 1 saturated heterocycles. The quantitative estimate of drug-likeness (QED) is 0.590. The van der Waals surface area contributed by atoms with Gasteiger partial charge in [0.25, 0.3) is 0 Å². The van der Waals surface area contributed by atoms with Gasteiger partial charge in [0.1, 0.15) is 11.9 Å². The molecule has 2 aromatic carbocycles. The molecule has 4 heteroatoms. The van der Waals surface area contributed by atoms with Gasteiger partial charge in [-0.2, -0.15) is 17.9 Å². The number of nitrogens with zero attached hydrogens (tertiary/aromatic N) is 2. The Morgan fingerprint density at radius 1 is 1.10 bits per heavy atom. The van der Waals surface area contributed by atoms with Crippen molar-refractivity contribution in [2.75, 3.05) is 19.3 Å². The monoisotopic (exact) mass is 410 g/mol. The zero-order valence-electron chi connectivity index (χ0n) is 17.5. The summed E-state index contributed by atoms with van der Waals surface area (Å²) in [5.74, 6) is 0.996. The molecule has 0 aromatic heterocycles. The Labute approximate surface area is 180 Å². The normalized spacial score (nSPS) is 19.6. The number of rotatable bonds is 4. The van der Waals surface area contributed by atoms with E-state index in [1.54, 1.807) is 12.3 Å². The number of thiol groups is 1. The Morgan fingerprint density at radius 2 is 1.90 bits per heavy atom. The number of halogens is 1. The van der Waals surface area contributed by atoms with Crippen LogP contribution in [-0.4, -0.2) is 24.2 Å². The van der Waals surface area contributed by atoms with Crippen LogP contribution in [0.4, 0.5) is 4.39 Å². The highest BCUT2D eigenvalue weighted by Gasteiger charge is 2.29. The molecule has 29 heavy (non-hydrogen) atoms. The number of likely N-dealkylation sites (tertiary alicyclic amines) is 1. The first-order valence-electron chi connectivity index (χ1n) is 10.6. The lowest BCUT2D eigenvalue weighted by atomic mass is 9.91. The maximum Gasteiger partial charge on any atom is 0.141 e. The predicted octanol–water partition coefficient (Wildman–Crippen LogP) is 6.41. The zero-order valence-corrected chi connectivity index (χ0v) is 18.4. The summed E-state index contributed by atoms with van der Waals surface area (Å²) in [6, 6.07) is 13.4. The molecule has 0 radical (unpaired) electrons. The van der Waals surface area contributed by atoms with E-state index in [0.717, 1.165) is 23.6 Å². The summed E-state index contributed by atoms with van der Waals surface area (Å²) in [5.41, 5.74) is 4.94. The molecular formula is C25H31FN2S. The van der Waals surface area contributed by atoms with Crippen molar-refractivity contribution in [2.45, 2.75) is 51.5 Å². The van der Waals surface area contributed by atoms with Gasteiger partial charge in [-0.15, -0.1) is 0 Å². The molecule has 2 aliphatic rings. The molecule has 4 rings (SSSR count). The Bertz CT molecular complexity index is 870. The number of hydrogen-bond acceptors (Lipinski definition) is 3. The van der Waals surface area contributed by atoms with Gasteiger partial charge in [0.15, 0.2) is 0 Å². The largest absolute Gasteiger partial charge is 0.299 e. The third kappa shape index (κ3) is 5.41. The van der Waals surface area contributed by atoms with Crippen LogP contribution in [-0.2, 0) is 6.54 Å². The molecule has 154 valence electrons. The minimum absolute atomic E-state index is 0.113. The third-order valence-corrected chi connectivity index (χ3v) is 6.09. The Hall–Kier alpha value is -1.83. The van der Waals surface area contributed by atoms with E-state index in [1.807, 2.05) is 12.1 Å². The van der Waals surface area contributed by atoms with Crippen LogP contribution in [0.25, 0.3) is 11.1 Å². The molecule has 2 fully saturated rings. The predicted molar refractivity (Wildman–Crippen MR) is 122 cm³/mol. The van der Waals surface area contributed by atoms with Crippen LogP contribution in [0.15, 0.2) is 36.4 Å². The average Bonchev–Trinajstić information content (AvgIpc) is 3.59. The summed E-state index contributed by atoms with van der Waals surface area (Å²) in [5, 5.41) is 9.01. The zero-order chi connectivity index (χ0) is 20.8. The van der Waals surface area contributed by atoms with Gasteiger partial charge in [0, 0.05) is 6.54 Å². The number of hydrogen-bond donors (Lipinski definition) is 1. The summed E-state index contributed by atoms with van der Waals surface area (Å²) in [7, 11) is 0. The molecule has 1 heterocycles. The minimum Gasteiger partial charge on any atom is -0.299 e. The van der Waals surface area contributed by atoms with Crippen molar-refractivity contribution in [3.8, 4) is 17.2 Å². The summed E-state index contributed by atoms with van der Waals surface area (Å²) in [6.07, 6.45) is 8.02. The first kappa shape index (κ1) is 21.9. The maximum absolute atomic E-state index is 14.2. The molecule has 0 amide bonds. The summed E-state index contributed by atoms with van der Waals surface area (Å²) < 4.78 is 14.2. The summed E-state index contributed by atoms with van der Waals surface area (Å²) >= 11 is 3.53. The van der Waals surface area contributed by atoms with E-state index in [2.05, 4.69) is 42.7 Å². The highest BCUT2D eigenvalue weighted by Crippen LogP contribution is 2.46. The van der Waals surface area contributed by atoms with E-state index < -0.39 is 5.82 Å². The third-order valence-electron chi connectivity index (χ3n) is 6.09. The topological polar surface area (TPSA) is 27.0 Å². The van der Waals surface area contributed by atoms with E-state index in [0.29, 0.717) is 5.92 Å². The van der Waals surface area contributed by atoms with Crippen molar-refractivity contribution in [3.05, 3.63) is 58.9 Å². The molecule has 0 bridgehead atoms. The molecule has 1 unspecified atom stereocenters. The van der Waals surface area contributed by atoms with Gasteiger partial charge >= 0.3 is 0 Å². The van der Waals surface area contributed by atoms with Crippen LogP contribution in [0.3, 0.4) is 0 Å². The van der Waals surface area contributed by atoms with Gasteiger partial charge in [-0.05, 0) is 97.7 Å². The lowest BCUT2D eigenvalue weighted by Gasteiger charge is -2.23. The summed E-state index contributed by atoms with van der Waals surface area (Å²) in [4.78, 5) is 2.59. The van der Waals surface area contributed by atoms with Gasteiger partial charge in [-0.3, -0.25) is 4.90 Å². The molecule has 0 spiro atoms. The molecule has 1 aliphatic heterocycles. The van der Waals surface area contributed by atoms with Crippen molar-refractivity contribution in [1.29, 1.82) is 5.26 Å². The second-order valence-electron chi connectivity index (χ2n) is 8.27. The van der Waals surface area contributed by atoms with Crippen molar-refractivity contribution in [3.63, 3.8) is 0 Å². The van der Waals surface area contributed by atoms with Gasteiger partial charge in [-0.25, -0.2) is 4.39 Å². The van der Waals surface area contributed by atoms with Crippen LogP contribution < -0.4 is 0 Å². The fraction of sp³-hybridized carbons (Fsp3) is 0.480. The maximum atomic E-state index is 14.2. The van der Waals surface area contributed by atoms with Crippen molar-refractivity contribution in [1.82, 2.24) is 4.90 Å². The second-order valence-corrected chi connectivity index (χ2v) is 8.27. The van der Waals surface area contributed by atoms with Crippen LogP contribution in [0.1, 0.15) is 61.6 Å². The van der Waals surface area contributed by atoms with Crippen LogP contribution in [0.5, 0.6) is 0 Å². The lowest BCUT2D eigenvalue weighted by Crippen LogP contribution is -2.25. The fourth-order valence-corrected chi connectivity index (χ4v) is 4.35. The molecule has 1 atom stereocenters. The first-order valence-corrected chi connectivity index (χ1v) is 11.5. The highest BCUT2D eigenvalue weighted by molar-refractivity contribution is 7.79. The molecule has 2 aromatic rings. The van der Waals surface area contributed by atoms with Crippen molar-refractivity contribution >= 4 is 12.6 Å². The Balaban J connectivity index is 0.00000117. The molecule has 1 aliphatic carbocycles. The smallest absolute Gasteiger partial charge is 0.141 e. The van der Waals surface area contributed by atoms with Crippen molar-refractivity contribution < 1.29 is 4.39 Å². The van der Waals surface area contributed by atoms with Crippen LogP contribution >= 0.6 is 12.6 Å². The van der Waals surface area contributed by atoms with E-state index in [1.165, 1.54) is 62.4 Å². The van der Waals surface area contributed by atoms with Gasteiger partial charge < -0.3 is 0 Å². The van der Waals surface area contributed by atoms with Crippen molar-refractivity contribution in [2.24, 2.45) is 5.92 Å². The Kier molecular flexibility index (Phi) is 7.75. The highest BCUT2D eigenvalue weighted by atomic mass is 32.1. The number of nitriles is 1. The van der Waals surface area contributed by atoms with E-state index >= 15 is 0 Å². The second kappa shape index (κ2) is 10.3. The van der Waals surface area contributed by atoms with E-state index in [4.69, 9.17) is 5.26 Å². The Morgan fingerprint density at radius 3 is 2.59 bits per heavy atom. The number of benzene rings is 2. The van der Waals surface area contributed by atoms with E-state index in [9.17, 15) is 4.39 Å². The minimum atomic E-state index is -0.427. The average molecular weight is 411 g/mol. The van der Waals surface area contributed by atoms with Gasteiger partial charge in [0.2, 0.25) is 0 Å². The van der Waals surface area contributed by atoms with Crippen LogP contribution in [0, 0.1) is 23.1 Å². The standard InChI is InChI=1S/C24H27FN2.CH4S/c1-17-4-3-12-27(13-11-17)16-21-5-2-6-22(24(21)18-7-8-18)19-9-10-20(15-26)23(25)14-19;1-2/h2,5-6,9-10,14,17-18H,3-4,7-8,11-13,16H2,1H3;2H,1H3. The SMILES string of the molecule is CC1CCCN(Cc2cccc(-c3ccc(C#N)c(F)c3)c2C2CC2)CC1.CS. The first-order chi connectivity index (χ1) is 14.2. The molecule has 0 N–H and O–H groups in total. The summed E-state index contributed by atoms with van der Waals surface area (Å²) in [6.45, 7) is 5.69. The van der Waals surface area contributed by atoms with Gasteiger partial charge in [0.05, 0.1) is 5.56 Å². The fourth-order valence-electron chi connectivity index (χ4n) is 4.35. The molecule has 1 saturated carbocycles. The van der Waals surface area contributed by atoms with Gasteiger partial charge in [-0.1, -0.05) is 31.2 Å². The molecule has 2 nitrogen and oxygen atoms in total.